The highest BCUT2D eigenvalue weighted by Crippen LogP contribution is 2.11. The van der Waals surface area contributed by atoms with Crippen LogP contribution in [-0.2, 0) is 4.79 Å². The van der Waals surface area contributed by atoms with Gasteiger partial charge in [0, 0.05) is 0 Å². The average Bonchev–Trinajstić information content (AvgIpc) is 2.88. The van der Waals surface area contributed by atoms with E-state index in [1.54, 1.807) is 6.08 Å². The Balaban J connectivity index is 3.91. The second kappa shape index (κ2) is 27.6. The van der Waals surface area contributed by atoms with Gasteiger partial charge >= 0.3 is 0 Å². The summed E-state index contributed by atoms with van der Waals surface area (Å²) in [6, 6.07) is -0.762. The first kappa shape index (κ1) is 35.6. The monoisotopic (exact) mass is 521 g/mol. The molecule has 0 rings (SSSR count). The Morgan fingerprint density at radius 1 is 0.676 bits per heavy atom. The number of aliphatic hydroxyl groups is 3. The fraction of sp³-hybridized carbons (Fsp3) is 0.781. The summed E-state index contributed by atoms with van der Waals surface area (Å²) in [6.45, 7) is 4.09. The summed E-state index contributed by atoms with van der Waals surface area (Å²) < 4.78 is 0. The van der Waals surface area contributed by atoms with Gasteiger partial charge in [0.25, 0.3) is 0 Å². The number of rotatable bonds is 26. The van der Waals surface area contributed by atoms with E-state index in [9.17, 15) is 20.1 Å². The van der Waals surface area contributed by atoms with Crippen LogP contribution in [0.25, 0.3) is 0 Å². The predicted molar refractivity (Wildman–Crippen MR) is 158 cm³/mol. The first-order chi connectivity index (χ1) is 18.0. The number of amides is 1. The van der Waals surface area contributed by atoms with Crippen LogP contribution in [0.2, 0.25) is 0 Å². The van der Waals surface area contributed by atoms with Crippen molar-refractivity contribution in [1.29, 1.82) is 0 Å². The first-order valence-electron chi connectivity index (χ1n) is 15.3. The molecule has 1 amide bonds. The lowest BCUT2D eigenvalue weighted by Gasteiger charge is -2.20. The molecule has 5 heteroatoms. The highest BCUT2D eigenvalue weighted by molar-refractivity contribution is 5.76. The molecular formula is C32H59NO4. The number of aliphatic hydroxyl groups excluding tert-OH is 3. The van der Waals surface area contributed by atoms with E-state index in [0.717, 1.165) is 44.9 Å². The van der Waals surface area contributed by atoms with Gasteiger partial charge < -0.3 is 20.6 Å². The van der Waals surface area contributed by atoms with Gasteiger partial charge in [-0.1, -0.05) is 115 Å². The van der Waals surface area contributed by atoms with Crippen LogP contribution in [-0.4, -0.2) is 46.1 Å². The molecule has 0 saturated carbocycles. The van der Waals surface area contributed by atoms with E-state index in [1.165, 1.54) is 64.2 Å². The molecule has 0 saturated heterocycles. The van der Waals surface area contributed by atoms with Gasteiger partial charge in [0.05, 0.1) is 31.3 Å². The first-order valence-corrected chi connectivity index (χ1v) is 15.3. The van der Waals surface area contributed by atoms with E-state index in [1.807, 2.05) is 6.08 Å². The predicted octanol–water partition coefficient (Wildman–Crippen LogP) is 7.31. The number of unbranched alkanes of at least 4 members (excludes halogenated alkanes) is 13. The van der Waals surface area contributed by atoms with E-state index in [4.69, 9.17) is 0 Å². The maximum Gasteiger partial charge on any atom is 0.222 e. The van der Waals surface area contributed by atoms with Crippen molar-refractivity contribution in [3.8, 4) is 0 Å². The third kappa shape index (κ3) is 24.7. The minimum absolute atomic E-state index is 0.0110. The Kier molecular flexibility index (Phi) is 26.5. The highest BCUT2D eigenvalue weighted by Gasteiger charge is 2.19. The van der Waals surface area contributed by atoms with Crippen molar-refractivity contribution in [1.82, 2.24) is 5.32 Å². The lowest BCUT2D eigenvalue weighted by atomic mass is 10.1. The van der Waals surface area contributed by atoms with Gasteiger partial charge in [0.1, 0.15) is 0 Å². The molecule has 0 aliphatic carbocycles. The van der Waals surface area contributed by atoms with Gasteiger partial charge in [0.15, 0.2) is 0 Å². The van der Waals surface area contributed by atoms with Crippen molar-refractivity contribution in [3.63, 3.8) is 0 Å². The van der Waals surface area contributed by atoms with Crippen LogP contribution in [0.4, 0.5) is 0 Å². The molecule has 5 nitrogen and oxygen atoms in total. The van der Waals surface area contributed by atoms with E-state index < -0.39 is 18.2 Å². The molecule has 3 atom stereocenters. The Hall–Kier alpha value is -1.43. The number of nitrogens with one attached hydrogen (secondary N) is 1. The van der Waals surface area contributed by atoms with E-state index in [-0.39, 0.29) is 18.9 Å². The normalized spacial score (nSPS) is 14.6. The highest BCUT2D eigenvalue weighted by atomic mass is 16.3. The summed E-state index contributed by atoms with van der Waals surface area (Å²) in [7, 11) is 0. The van der Waals surface area contributed by atoms with Gasteiger partial charge in [0.2, 0.25) is 5.91 Å². The van der Waals surface area contributed by atoms with Crippen LogP contribution >= 0.6 is 0 Å². The Morgan fingerprint density at radius 2 is 1.19 bits per heavy atom. The van der Waals surface area contributed by atoms with Crippen LogP contribution in [0.5, 0.6) is 0 Å². The largest absolute Gasteiger partial charge is 0.394 e. The molecule has 37 heavy (non-hydrogen) atoms. The van der Waals surface area contributed by atoms with Gasteiger partial charge in [-0.15, -0.1) is 0 Å². The minimum atomic E-state index is -0.952. The summed E-state index contributed by atoms with van der Waals surface area (Å²) in [4.78, 5) is 12.2. The van der Waals surface area contributed by atoms with Crippen molar-refractivity contribution in [2.24, 2.45) is 0 Å². The van der Waals surface area contributed by atoms with E-state index in [0.29, 0.717) is 6.42 Å². The van der Waals surface area contributed by atoms with Crippen molar-refractivity contribution < 1.29 is 20.1 Å². The molecule has 0 aromatic rings. The third-order valence-electron chi connectivity index (χ3n) is 6.65. The number of carbonyl (C=O) groups is 1. The van der Waals surface area contributed by atoms with Crippen molar-refractivity contribution in [2.75, 3.05) is 6.61 Å². The SMILES string of the molecule is CCCC/C=C\CCCCC(O)CC(=O)NC(CO)C(O)/C=C/CC/C=C/CCCCCCCCCC. The van der Waals surface area contributed by atoms with Gasteiger partial charge in [-0.2, -0.15) is 0 Å². The molecule has 0 aromatic carbocycles. The van der Waals surface area contributed by atoms with Gasteiger partial charge in [-0.3, -0.25) is 4.79 Å². The van der Waals surface area contributed by atoms with E-state index >= 15 is 0 Å². The molecular weight excluding hydrogens is 462 g/mol. The molecule has 0 spiro atoms. The standard InChI is InChI=1S/C32H59NO4/c1-3-5-7-9-11-13-14-15-16-17-18-20-22-24-26-31(36)30(28-34)33-32(37)27-29(35)25-23-21-19-12-10-8-6-4-2/h10,12,17-18,24,26,29-31,34-36H,3-9,11,13-16,19-23,25,27-28H2,1-2H3,(H,33,37)/b12-10-,18-17+,26-24+. The number of hydrogen-bond acceptors (Lipinski definition) is 4. The van der Waals surface area contributed by atoms with Crippen molar-refractivity contribution in [3.05, 3.63) is 36.5 Å². The maximum absolute atomic E-state index is 12.2. The van der Waals surface area contributed by atoms with Crippen LogP contribution in [0.1, 0.15) is 136 Å². The fourth-order valence-corrected chi connectivity index (χ4v) is 4.21. The second-order valence-electron chi connectivity index (χ2n) is 10.3. The Morgan fingerprint density at radius 3 is 1.81 bits per heavy atom. The fourth-order valence-electron chi connectivity index (χ4n) is 4.21. The smallest absolute Gasteiger partial charge is 0.222 e. The number of allylic oxidation sites excluding steroid dienone is 5. The molecule has 0 heterocycles. The maximum atomic E-state index is 12.2. The van der Waals surface area contributed by atoms with Crippen LogP contribution in [0.15, 0.2) is 36.5 Å². The summed E-state index contributed by atoms with van der Waals surface area (Å²) in [6.07, 6.45) is 31.3. The number of carbonyl (C=O) groups excluding carboxylic acids is 1. The summed E-state index contributed by atoms with van der Waals surface area (Å²) >= 11 is 0. The third-order valence-corrected chi connectivity index (χ3v) is 6.65. The summed E-state index contributed by atoms with van der Waals surface area (Å²) in [5.41, 5.74) is 0. The average molecular weight is 522 g/mol. The van der Waals surface area contributed by atoms with Crippen LogP contribution < -0.4 is 5.32 Å². The zero-order valence-electron chi connectivity index (χ0n) is 24.1. The zero-order valence-corrected chi connectivity index (χ0v) is 24.1. The Labute approximate surface area is 228 Å². The number of hydrogen-bond donors (Lipinski definition) is 4. The van der Waals surface area contributed by atoms with Crippen molar-refractivity contribution in [2.45, 2.75) is 154 Å². The molecule has 3 unspecified atom stereocenters. The molecule has 0 radical (unpaired) electrons. The molecule has 216 valence electrons. The van der Waals surface area contributed by atoms with Crippen LogP contribution in [0, 0.1) is 0 Å². The van der Waals surface area contributed by atoms with Crippen LogP contribution in [0.3, 0.4) is 0 Å². The zero-order chi connectivity index (χ0) is 27.4. The van der Waals surface area contributed by atoms with Gasteiger partial charge in [-0.05, 0) is 51.4 Å². The molecule has 4 N–H and O–H groups in total. The molecule has 0 fully saturated rings. The molecule has 0 aromatic heterocycles. The second-order valence-corrected chi connectivity index (χ2v) is 10.3. The van der Waals surface area contributed by atoms with Gasteiger partial charge in [-0.25, -0.2) is 0 Å². The molecule has 0 aliphatic heterocycles. The summed E-state index contributed by atoms with van der Waals surface area (Å²) in [5.74, 6) is -0.345. The Bertz CT molecular complexity index is 587. The minimum Gasteiger partial charge on any atom is -0.394 e. The lowest BCUT2D eigenvalue weighted by molar-refractivity contribution is -0.124. The van der Waals surface area contributed by atoms with E-state index in [2.05, 4.69) is 43.5 Å². The quantitative estimate of drug-likeness (QED) is 0.0710. The molecule has 0 bridgehead atoms. The van der Waals surface area contributed by atoms with Crippen molar-refractivity contribution >= 4 is 5.91 Å². The lowest BCUT2D eigenvalue weighted by Crippen LogP contribution is -2.45. The molecule has 0 aliphatic rings. The summed E-state index contributed by atoms with van der Waals surface area (Å²) in [5, 5.41) is 32.7. The topological polar surface area (TPSA) is 89.8 Å².